The molecule has 1 unspecified atom stereocenters. The monoisotopic (exact) mass is 474 g/mol. The van der Waals surface area contributed by atoms with Gasteiger partial charge in [-0.25, -0.2) is 4.98 Å². The molecule has 0 amide bonds. The highest BCUT2D eigenvalue weighted by atomic mass is 19.4. The van der Waals surface area contributed by atoms with E-state index in [1.165, 1.54) is 0 Å². The Labute approximate surface area is 197 Å². The molecule has 0 bridgehead atoms. The van der Waals surface area contributed by atoms with Crippen molar-refractivity contribution in [3.8, 4) is 11.5 Å². The van der Waals surface area contributed by atoms with E-state index in [0.717, 1.165) is 12.6 Å². The highest BCUT2D eigenvalue weighted by Crippen LogP contribution is 2.35. The molecular formula is C25H29F3N4O2. The highest BCUT2D eigenvalue weighted by Gasteiger charge is 2.35. The van der Waals surface area contributed by atoms with E-state index in [9.17, 15) is 13.2 Å². The summed E-state index contributed by atoms with van der Waals surface area (Å²) in [6.45, 7) is 8.62. The molecule has 0 aliphatic heterocycles. The van der Waals surface area contributed by atoms with E-state index >= 15 is 0 Å². The van der Waals surface area contributed by atoms with Crippen LogP contribution in [0.5, 0.6) is 11.5 Å². The van der Waals surface area contributed by atoms with Gasteiger partial charge >= 0.3 is 6.18 Å². The van der Waals surface area contributed by atoms with Crippen LogP contribution in [0.1, 0.15) is 39.7 Å². The van der Waals surface area contributed by atoms with Gasteiger partial charge in [0.15, 0.2) is 0 Å². The fourth-order valence-corrected chi connectivity index (χ4v) is 2.84. The number of rotatable bonds is 10. The number of nitrogens with zero attached hydrogens (tertiary/aromatic N) is 2. The molecule has 182 valence electrons. The van der Waals surface area contributed by atoms with Crippen molar-refractivity contribution in [1.82, 2.24) is 9.97 Å². The Morgan fingerprint density at radius 2 is 1.47 bits per heavy atom. The van der Waals surface area contributed by atoms with Crippen molar-refractivity contribution in [3.05, 3.63) is 60.3 Å². The molecule has 3 aromatic rings. The third kappa shape index (κ3) is 7.26. The minimum absolute atomic E-state index is 0.0305. The summed E-state index contributed by atoms with van der Waals surface area (Å²) < 4.78 is 52.0. The van der Waals surface area contributed by atoms with Gasteiger partial charge in [-0.3, -0.25) is 0 Å². The van der Waals surface area contributed by atoms with Crippen LogP contribution in [0.25, 0.3) is 0 Å². The van der Waals surface area contributed by atoms with Gasteiger partial charge in [-0.05, 0) is 67.8 Å². The average molecular weight is 475 g/mol. The molecule has 6 nitrogen and oxygen atoms in total. The first kappa shape index (κ1) is 25.1. The van der Waals surface area contributed by atoms with Crippen LogP contribution in [-0.2, 0) is 6.18 Å². The number of halogens is 3. The molecule has 1 heterocycles. The van der Waals surface area contributed by atoms with E-state index in [1.807, 2.05) is 27.7 Å². The molecule has 1 aromatic heterocycles. The zero-order valence-corrected chi connectivity index (χ0v) is 19.6. The number of hydrogen-bond donors (Lipinski definition) is 2. The summed E-state index contributed by atoms with van der Waals surface area (Å²) in [6.07, 6.45) is -2.89. The van der Waals surface area contributed by atoms with Crippen LogP contribution in [-0.4, -0.2) is 22.7 Å². The lowest BCUT2D eigenvalue weighted by molar-refractivity contribution is -0.137. The molecule has 0 spiro atoms. The molecule has 9 heteroatoms. The largest absolute Gasteiger partial charge is 0.493 e. The smallest absolute Gasteiger partial charge is 0.421 e. The van der Waals surface area contributed by atoms with Gasteiger partial charge in [0.1, 0.15) is 22.9 Å². The van der Waals surface area contributed by atoms with Crippen LogP contribution in [0.2, 0.25) is 0 Å². The van der Waals surface area contributed by atoms with Gasteiger partial charge in [0.2, 0.25) is 5.95 Å². The highest BCUT2D eigenvalue weighted by molar-refractivity contribution is 5.63. The summed E-state index contributed by atoms with van der Waals surface area (Å²) in [4.78, 5) is 7.93. The normalized spacial score (nSPS) is 12.4. The van der Waals surface area contributed by atoms with Crippen LogP contribution >= 0.6 is 0 Å². The van der Waals surface area contributed by atoms with Gasteiger partial charge in [-0.15, -0.1) is 0 Å². The van der Waals surface area contributed by atoms with Gasteiger partial charge in [-0.2, -0.15) is 18.2 Å². The SMILES string of the molecule is CCC(C)Oc1ccc(Nc2ncc(C(F)(F)F)c(Nc3ccc(OCC(C)C)cc3)n2)cc1. The number of alkyl halides is 3. The molecule has 2 N–H and O–H groups in total. The maximum atomic E-state index is 13.6. The number of hydrogen-bond acceptors (Lipinski definition) is 6. The first-order chi connectivity index (χ1) is 16.1. The number of anilines is 4. The van der Waals surface area contributed by atoms with E-state index in [4.69, 9.17) is 9.47 Å². The lowest BCUT2D eigenvalue weighted by Gasteiger charge is -2.16. The van der Waals surface area contributed by atoms with Crippen LogP contribution < -0.4 is 20.1 Å². The average Bonchev–Trinajstić information content (AvgIpc) is 2.79. The molecule has 0 radical (unpaired) electrons. The first-order valence-corrected chi connectivity index (χ1v) is 11.1. The Bertz CT molecular complexity index is 1060. The second-order valence-corrected chi connectivity index (χ2v) is 8.29. The van der Waals surface area contributed by atoms with Crippen molar-refractivity contribution < 1.29 is 22.6 Å². The molecule has 2 aromatic carbocycles. The fourth-order valence-electron chi connectivity index (χ4n) is 2.84. The molecule has 0 saturated heterocycles. The molecule has 3 rings (SSSR count). The number of ether oxygens (including phenoxy) is 2. The summed E-state index contributed by atoms with van der Waals surface area (Å²) >= 11 is 0. The standard InChI is InChI=1S/C25H29F3N4O2/c1-5-17(4)34-21-12-8-19(9-13-21)31-24-29-14-22(25(26,27)28)23(32-24)30-18-6-10-20(11-7-18)33-15-16(2)3/h6-14,16-17H,5,15H2,1-4H3,(H2,29,30,31,32). The minimum atomic E-state index is -4.61. The zero-order valence-electron chi connectivity index (χ0n) is 19.6. The van der Waals surface area contributed by atoms with Gasteiger partial charge in [0, 0.05) is 17.6 Å². The molecule has 0 saturated carbocycles. The van der Waals surface area contributed by atoms with Gasteiger partial charge in [-0.1, -0.05) is 20.8 Å². The molecular weight excluding hydrogens is 445 g/mol. The second-order valence-electron chi connectivity index (χ2n) is 8.29. The molecule has 0 aliphatic carbocycles. The Kier molecular flexibility index (Phi) is 8.20. The van der Waals surface area contributed by atoms with Crippen LogP contribution in [0, 0.1) is 5.92 Å². The van der Waals surface area contributed by atoms with E-state index in [-0.39, 0.29) is 17.9 Å². The topological polar surface area (TPSA) is 68.3 Å². The predicted molar refractivity (Wildman–Crippen MR) is 127 cm³/mol. The number of nitrogens with one attached hydrogen (secondary N) is 2. The Morgan fingerprint density at radius 1 is 0.882 bits per heavy atom. The summed E-state index contributed by atoms with van der Waals surface area (Å²) in [5.74, 6) is 1.39. The van der Waals surface area contributed by atoms with Gasteiger partial charge in [0.05, 0.1) is 12.7 Å². The van der Waals surface area contributed by atoms with Gasteiger partial charge in [0.25, 0.3) is 0 Å². The van der Waals surface area contributed by atoms with Crippen molar-refractivity contribution in [2.45, 2.75) is 46.4 Å². The van der Waals surface area contributed by atoms with E-state index in [2.05, 4.69) is 20.6 Å². The maximum absolute atomic E-state index is 13.6. The molecule has 34 heavy (non-hydrogen) atoms. The van der Waals surface area contributed by atoms with Crippen molar-refractivity contribution in [1.29, 1.82) is 0 Å². The third-order valence-electron chi connectivity index (χ3n) is 4.82. The predicted octanol–water partition coefficient (Wildman–Crippen LogP) is 7.19. The molecule has 1 atom stereocenters. The Morgan fingerprint density at radius 3 is 2.03 bits per heavy atom. The maximum Gasteiger partial charge on any atom is 0.421 e. The Hall–Kier alpha value is -3.49. The number of benzene rings is 2. The van der Waals surface area contributed by atoms with Crippen LogP contribution in [0.4, 0.5) is 36.3 Å². The summed E-state index contributed by atoms with van der Waals surface area (Å²) in [5.41, 5.74) is 0.0999. The van der Waals surface area contributed by atoms with E-state index in [0.29, 0.717) is 35.4 Å². The Balaban J connectivity index is 1.77. The van der Waals surface area contributed by atoms with Crippen molar-refractivity contribution in [2.24, 2.45) is 5.92 Å². The zero-order chi connectivity index (χ0) is 24.7. The van der Waals surface area contributed by atoms with Gasteiger partial charge < -0.3 is 20.1 Å². The fraction of sp³-hybridized carbons (Fsp3) is 0.360. The van der Waals surface area contributed by atoms with E-state index < -0.39 is 11.7 Å². The lowest BCUT2D eigenvalue weighted by atomic mass is 10.2. The number of aromatic nitrogens is 2. The minimum Gasteiger partial charge on any atom is -0.493 e. The lowest BCUT2D eigenvalue weighted by Crippen LogP contribution is -2.12. The second kappa shape index (κ2) is 11.1. The quantitative estimate of drug-likeness (QED) is 0.324. The van der Waals surface area contributed by atoms with E-state index in [1.54, 1.807) is 48.5 Å². The van der Waals surface area contributed by atoms with Crippen molar-refractivity contribution in [2.75, 3.05) is 17.2 Å². The van der Waals surface area contributed by atoms with Crippen LogP contribution in [0.3, 0.4) is 0 Å². The summed E-state index contributed by atoms with van der Waals surface area (Å²) in [7, 11) is 0. The van der Waals surface area contributed by atoms with Crippen molar-refractivity contribution >= 4 is 23.1 Å². The third-order valence-corrected chi connectivity index (χ3v) is 4.82. The first-order valence-electron chi connectivity index (χ1n) is 11.1. The summed E-state index contributed by atoms with van der Waals surface area (Å²) in [5, 5.41) is 5.68. The van der Waals surface area contributed by atoms with Crippen molar-refractivity contribution in [3.63, 3.8) is 0 Å². The summed E-state index contributed by atoms with van der Waals surface area (Å²) in [6, 6.07) is 13.7. The van der Waals surface area contributed by atoms with Crippen LogP contribution in [0.15, 0.2) is 54.7 Å². The molecule has 0 fully saturated rings. The molecule has 0 aliphatic rings.